The fourth-order valence-electron chi connectivity index (χ4n) is 1.98. The van der Waals surface area contributed by atoms with Crippen molar-refractivity contribution in [2.45, 2.75) is 58.6 Å². The van der Waals surface area contributed by atoms with E-state index in [1.807, 2.05) is 18.2 Å². The summed E-state index contributed by atoms with van der Waals surface area (Å²) in [6.07, 6.45) is 1.83. The smallest absolute Gasteiger partial charge is 0.422 e. The Kier molecular flexibility index (Phi) is 7.05. The van der Waals surface area contributed by atoms with E-state index in [1.54, 1.807) is 20.8 Å². The van der Waals surface area contributed by atoms with Gasteiger partial charge in [-0.1, -0.05) is 30.3 Å². The molecule has 1 unspecified atom stereocenters. The van der Waals surface area contributed by atoms with Crippen molar-refractivity contribution in [3.63, 3.8) is 0 Å². The molecule has 22 heavy (non-hydrogen) atoms. The van der Waals surface area contributed by atoms with E-state index in [-0.39, 0.29) is 5.78 Å². The maximum absolute atomic E-state index is 11.6. The molecule has 2 N–H and O–H groups in total. The normalized spacial score (nSPS) is 12.5. The van der Waals surface area contributed by atoms with Gasteiger partial charge in [0.1, 0.15) is 11.4 Å². The molecule has 1 atom stereocenters. The summed E-state index contributed by atoms with van der Waals surface area (Å²) in [5.41, 5.74) is 5.87. The van der Waals surface area contributed by atoms with Gasteiger partial charge in [-0.05, 0) is 52.5 Å². The summed E-state index contributed by atoms with van der Waals surface area (Å²) in [5.74, 6) is -0.0101. The molecule has 1 rings (SSSR count). The van der Waals surface area contributed by atoms with Crippen LogP contribution >= 0.6 is 0 Å². The number of hydrazine groups is 1. The zero-order valence-corrected chi connectivity index (χ0v) is 13.8. The lowest BCUT2D eigenvalue weighted by Gasteiger charge is -2.22. The first-order valence-electron chi connectivity index (χ1n) is 7.57. The zero-order valence-electron chi connectivity index (χ0n) is 13.8. The third kappa shape index (κ3) is 7.78. The van der Waals surface area contributed by atoms with E-state index in [9.17, 15) is 9.59 Å². The second kappa shape index (κ2) is 8.54. The molecular formula is C17H26N2O3. The number of rotatable bonds is 7. The van der Waals surface area contributed by atoms with Crippen LogP contribution in [0.15, 0.2) is 30.3 Å². The largest absolute Gasteiger partial charge is 0.443 e. The van der Waals surface area contributed by atoms with Crippen LogP contribution in [0.2, 0.25) is 0 Å². The van der Waals surface area contributed by atoms with E-state index in [2.05, 4.69) is 23.0 Å². The molecule has 0 aliphatic heterocycles. The van der Waals surface area contributed by atoms with E-state index in [0.717, 1.165) is 12.8 Å². The Morgan fingerprint density at radius 3 is 2.36 bits per heavy atom. The number of Topliss-reactive ketones (excluding diaryl/α,β-unsaturated/α-hetero) is 1. The molecule has 0 heterocycles. The SMILES string of the molecule is CC(=O)C(CCCc1ccccc1)NNC(=O)OC(C)(C)C. The van der Waals surface area contributed by atoms with Gasteiger partial charge < -0.3 is 4.74 Å². The molecule has 5 heteroatoms. The Bertz CT molecular complexity index is 480. The molecule has 0 bridgehead atoms. The van der Waals surface area contributed by atoms with Gasteiger partial charge in [-0.25, -0.2) is 10.2 Å². The molecule has 5 nitrogen and oxygen atoms in total. The number of hydrogen-bond acceptors (Lipinski definition) is 4. The number of aryl methyl sites for hydroxylation is 1. The minimum atomic E-state index is -0.582. The fourth-order valence-corrected chi connectivity index (χ4v) is 1.98. The maximum atomic E-state index is 11.6. The second-order valence-electron chi connectivity index (χ2n) is 6.31. The van der Waals surface area contributed by atoms with Gasteiger partial charge in [0.25, 0.3) is 0 Å². The van der Waals surface area contributed by atoms with Crippen molar-refractivity contribution in [1.82, 2.24) is 10.9 Å². The zero-order chi connectivity index (χ0) is 16.6. The number of ether oxygens (including phenoxy) is 1. The second-order valence-corrected chi connectivity index (χ2v) is 6.31. The summed E-state index contributed by atoms with van der Waals surface area (Å²) < 4.78 is 5.12. The van der Waals surface area contributed by atoms with Gasteiger partial charge in [0.05, 0.1) is 6.04 Å². The van der Waals surface area contributed by atoms with Gasteiger partial charge in [0.15, 0.2) is 0 Å². The van der Waals surface area contributed by atoms with Gasteiger partial charge in [-0.3, -0.25) is 10.2 Å². The molecule has 0 saturated heterocycles. The molecule has 0 radical (unpaired) electrons. The monoisotopic (exact) mass is 306 g/mol. The van der Waals surface area contributed by atoms with E-state index < -0.39 is 17.7 Å². The van der Waals surface area contributed by atoms with Crippen molar-refractivity contribution in [1.29, 1.82) is 0 Å². The van der Waals surface area contributed by atoms with Crippen LogP contribution in [0.3, 0.4) is 0 Å². The minimum absolute atomic E-state index is 0.0101. The van der Waals surface area contributed by atoms with Crippen LogP contribution in [-0.2, 0) is 16.0 Å². The van der Waals surface area contributed by atoms with Gasteiger partial charge in [0.2, 0.25) is 0 Å². The third-order valence-electron chi connectivity index (χ3n) is 3.04. The number of nitrogens with one attached hydrogen (secondary N) is 2. The molecule has 0 fully saturated rings. The number of carbonyl (C=O) groups excluding carboxylic acids is 2. The number of benzene rings is 1. The van der Waals surface area contributed by atoms with Crippen LogP contribution in [0, 0.1) is 0 Å². The number of amides is 1. The van der Waals surface area contributed by atoms with Crippen molar-refractivity contribution in [2.24, 2.45) is 0 Å². The quantitative estimate of drug-likeness (QED) is 0.760. The van der Waals surface area contributed by atoms with Crippen LogP contribution in [0.4, 0.5) is 4.79 Å². The molecule has 0 spiro atoms. The van der Waals surface area contributed by atoms with Gasteiger partial charge >= 0.3 is 6.09 Å². The van der Waals surface area contributed by atoms with Crippen molar-refractivity contribution in [3.05, 3.63) is 35.9 Å². The van der Waals surface area contributed by atoms with Crippen molar-refractivity contribution in [3.8, 4) is 0 Å². The van der Waals surface area contributed by atoms with E-state index in [4.69, 9.17) is 4.74 Å². The Morgan fingerprint density at radius 1 is 1.18 bits per heavy atom. The van der Waals surface area contributed by atoms with Crippen molar-refractivity contribution < 1.29 is 14.3 Å². The summed E-state index contributed by atoms with van der Waals surface area (Å²) in [4.78, 5) is 23.2. The molecule has 0 aromatic heterocycles. The summed E-state index contributed by atoms with van der Waals surface area (Å²) >= 11 is 0. The predicted octanol–water partition coefficient (Wildman–Crippen LogP) is 3.00. The van der Waals surface area contributed by atoms with Gasteiger partial charge in [-0.2, -0.15) is 0 Å². The topological polar surface area (TPSA) is 67.4 Å². The summed E-state index contributed by atoms with van der Waals surface area (Å²) in [5, 5.41) is 0. The summed E-state index contributed by atoms with van der Waals surface area (Å²) in [6.45, 7) is 6.87. The van der Waals surface area contributed by atoms with E-state index >= 15 is 0 Å². The van der Waals surface area contributed by atoms with Crippen LogP contribution in [0.5, 0.6) is 0 Å². The molecule has 0 saturated carbocycles. The highest BCUT2D eigenvalue weighted by Crippen LogP contribution is 2.08. The third-order valence-corrected chi connectivity index (χ3v) is 3.04. The van der Waals surface area contributed by atoms with E-state index in [1.165, 1.54) is 12.5 Å². The maximum Gasteiger partial charge on any atom is 0.422 e. The molecular weight excluding hydrogens is 280 g/mol. The van der Waals surface area contributed by atoms with Crippen LogP contribution in [0.25, 0.3) is 0 Å². The highest BCUT2D eigenvalue weighted by Gasteiger charge is 2.18. The number of hydrogen-bond donors (Lipinski definition) is 2. The molecule has 1 amide bonds. The molecule has 122 valence electrons. The Hall–Kier alpha value is -1.88. The first-order chi connectivity index (χ1) is 10.3. The average Bonchev–Trinajstić information content (AvgIpc) is 2.41. The summed E-state index contributed by atoms with van der Waals surface area (Å²) in [7, 11) is 0. The molecule has 1 aromatic carbocycles. The lowest BCUT2D eigenvalue weighted by atomic mass is 10.0. The average molecular weight is 306 g/mol. The highest BCUT2D eigenvalue weighted by molar-refractivity contribution is 5.81. The Balaban J connectivity index is 2.36. The minimum Gasteiger partial charge on any atom is -0.443 e. The standard InChI is InChI=1S/C17H26N2O3/c1-13(20)15(18-19-16(21)22-17(2,3)4)12-8-11-14-9-6-5-7-10-14/h5-7,9-10,15,18H,8,11-12H2,1-4H3,(H,19,21). The lowest BCUT2D eigenvalue weighted by Crippen LogP contribution is -2.49. The highest BCUT2D eigenvalue weighted by atomic mass is 16.6. The molecule has 0 aliphatic carbocycles. The summed E-state index contributed by atoms with van der Waals surface area (Å²) in [6, 6.07) is 9.70. The molecule has 1 aromatic rings. The van der Waals surface area contributed by atoms with Gasteiger partial charge in [0, 0.05) is 0 Å². The first-order valence-corrected chi connectivity index (χ1v) is 7.57. The van der Waals surface area contributed by atoms with Crippen LogP contribution in [-0.4, -0.2) is 23.5 Å². The van der Waals surface area contributed by atoms with E-state index in [0.29, 0.717) is 6.42 Å². The number of ketones is 1. The van der Waals surface area contributed by atoms with Crippen molar-refractivity contribution >= 4 is 11.9 Å². The fraction of sp³-hybridized carbons (Fsp3) is 0.529. The van der Waals surface area contributed by atoms with Crippen LogP contribution < -0.4 is 10.9 Å². The predicted molar refractivity (Wildman–Crippen MR) is 86.4 cm³/mol. The Morgan fingerprint density at radius 2 is 1.82 bits per heavy atom. The van der Waals surface area contributed by atoms with Gasteiger partial charge in [-0.15, -0.1) is 0 Å². The van der Waals surface area contributed by atoms with Crippen LogP contribution in [0.1, 0.15) is 46.1 Å². The molecule has 0 aliphatic rings. The van der Waals surface area contributed by atoms with Crippen molar-refractivity contribution in [2.75, 3.05) is 0 Å². The first kappa shape index (κ1) is 18.2. The lowest BCUT2D eigenvalue weighted by molar-refractivity contribution is -0.119. The number of carbonyl (C=O) groups is 2. The Labute approximate surface area is 132 Å².